The highest BCUT2D eigenvalue weighted by molar-refractivity contribution is 5.50. The third kappa shape index (κ3) is 3.60. The van der Waals surface area contributed by atoms with Gasteiger partial charge in [-0.15, -0.1) is 0 Å². The third-order valence-electron chi connectivity index (χ3n) is 4.06. The lowest BCUT2D eigenvalue weighted by molar-refractivity contribution is -0.385. The predicted octanol–water partition coefficient (Wildman–Crippen LogP) is 2.14. The van der Waals surface area contributed by atoms with Gasteiger partial charge in [-0.2, -0.15) is 0 Å². The molecule has 0 atom stereocenters. The highest BCUT2D eigenvalue weighted by Gasteiger charge is 2.14. The Bertz CT molecular complexity index is 731. The van der Waals surface area contributed by atoms with E-state index in [2.05, 4.69) is 20.2 Å². The number of nitrogens with zero attached hydrogens (tertiary/aromatic N) is 4. The standard InChI is InChI=1S/C16H19N5O3/c1-12-13(3-2-4-14(12)21(22)23)10-17-15-9-16(19-11-18-15)20-5-7-24-8-6-20/h2-4,9,11H,5-8,10H2,1H3,(H,17,18,19). The number of rotatable bonds is 5. The Labute approximate surface area is 139 Å². The van der Waals surface area contributed by atoms with Gasteiger partial charge in [0.25, 0.3) is 5.69 Å². The molecule has 0 saturated carbocycles. The van der Waals surface area contributed by atoms with E-state index in [1.807, 2.05) is 12.1 Å². The zero-order chi connectivity index (χ0) is 16.9. The Kier molecular flexibility index (Phi) is 4.85. The van der Waals surface area contributed by atoms with Crippen LogP contribution in [0.3, 0.4) is 0 Å². The molecule has 1 fully saturated rings. The van der Waals surface area contributed by atoms with Crippen molar-refractivity contribution in [3.8, 4) is 0 Å². The Balaban J connectivity index is 1.71. The average Bonchev–Trinajstić information content (AvgIpc) is 2.61. The van der Waals surface area contributed by atoms with Crippen LogP contribution in [0.15, 0.2) is 30.6 Å². The summed E-state index contributed by atoms with van der Waals surface area (Å²) >= 11 is 0. The highest BCUT2D eigenvalue weighted by atomic mass is 16.6. The molecule has 1 aromatic carbocycles. The number of morpholine rings is 1. The minimum absolute atomic E-state index is 0.131. The number of aromatic nitrogens is 2. The quantitative estimate of drug-likeness (QED) is 0.663. The third-order valence-corrected chi connectivity index (χ3v) is 4.06. The molecule has 1 aliphatic rings. The number of hydrogen-bond donors (Lipinski definition) is 1. The molecule has 8 heteroatoms. The maximum atomic E-state index is 11.0. The van der Waals surface area contributed by atoms with Crippen LogP contribution in [0.2, 0.25) is 0 Å². The molecule has 0 bridgehead atoms. The minimum atomic E-state index is -0.361. The van der Waals surface area contributed by atoms with Crippen molar-refractivity contribution in [3.05, 3.63) is 51.8 Å². The van der Waals surface area contributed by atoms with E-state index < -0.39 is 0 Å². The Morgan fingerprint density at radius 2 is 2.12 bits per heavy atom. The van der Waals surface area contributed by atoms with E-state index in [9.17, 15) is 10.1 Å². The summed E-state index contributed by atoms with van der Waals surface area (Å²) in [5.41, 5.74) is 1.67. The SMILES string of the molecule is Cc1c(CNc2cc(N3CCOCC3)ncn2)cccc1[N+](=O)[O-]. The number of nitro groups is 1. The average molecular weight is 329 g/mol. The summed E-state index contributed by atoms with van der Waals surface area (Å²) in [4.78, 5) is 21.3. The van der Waals surface area contributed by atoms with Gasteiger partial charge >= 0.3 is 0 Å². The molecule has 24 heavy (non-hydrogen) atoms. The lowest BCUT2D eigenvalue weighted by Crippen LogP contribution is -2.36. The van der Waals surface area contributed by atoms with Crippen LogP contribution in [0.4, 0.5) is 17.3 Å². The largest absolute Gasteiger partial charge is 0.378 e. The van der Waals surface area contributed by atoms with Gasteiger partial charge in [-0.05, 0) is 12.5 Å². The molecule has 2 aromatic rings. The number of nitrogens with one attached hydrogen (secondary N) is 1. The second kappa shape index (κ2) is 7.22. The maximum Gasteiger partial charge on any atom is 0.272 e. The number of hydrogen-bond acceptors (Lipinski definition) is 7. The predicted molar refractivity (Wildman–Crippen MR) is 90.2 cm³/mol. The van der Waals surface area contributed by atoms with Crippen LogP contribution in [0.5, 0.6) is 0 Å². The van der Waals surface area contributed by atoms with Crippen molar-refractivity contribution in [3.63, 3.8) is 0 Å². The van der Waals surface area contributed by atoms with E-state index in [-0.39, 0.29) is 10.6 Å². The Morgan fingerprint density at radius 3 is 2.88 bits per heavy atom. The first-order chi connectivity index (χ1) is 11.6. The lowest BCUT2D eigenvalue weighted by Gasteiger charge is -2.27. The van der Waals surface area contributed by atoms with Crippen molar-refractivity contribution in [2.75, 3.05) is 36.5 Å². The van der Waals surface area contributed by atoms with Crippen LogP contribution < -0.4 is 10.2 Å². The summed E-state index contributed by atoms with van der Waals surface area (Å²) in [6.45, 7) is 5.22. The number of ether oxygens (including phenoxy) is 1. The molecule has 2 heterocycles. The van der Waals surface area contributed by atoms with Crippen LogP contribution in [-0.4, -0.2) is 41.2 Å². The van der Waals surface area contributed by atoms with Gasteiger partial charge in [0.15, 0.2) is 0 Å². The summed E-state index contributed by atoms with van der Waals surface area (Å²) in [5.74, 6) is 1.55. The molecule has 1 aromatic heterocycles. The van der Waals surface area contributed by atoms with Crippen molar-refractivity contribution >= 4 is 17.3 Å². The fourth-order valence-electron chi connectivity index (χ4n) is 2.65. The summed E-state index contributed by atoms with van der Waals surface area (Å²) in [5, 5.41) is 14.2. The number of nitro benzene ring substituents is 1. The van der Waals surface area contributed by atoms with Crippen LogP contribution in [0, 0.1) is 17.0 Å². The second-order valence-corrected chi connectivity index (χ2v) is 5.53. The van der Waals surface area contributed by atoms with Gasteiger partial charge in [0.05, 0.1) is 18.1 Å². The topological polar surface area (TPSA) is 93.4 Å². The lowest BCUT2D eigenvalue weighted by atomic mass is 10.1. The zero-order valence-corrected chi connectivity index (χ0v) is 13.4. The van der Waals surface area contributed by atoms with Gasteiger partial charge in [0.1, 0.15) is 18.0 Å². The van der Waals surface area contributed by atoms with Crippen molar-refractivity contribution in [1.29, 1.82) is 0 Å². The number of anilines is 2. The highest BCUT2D eigenvalue weighted by Crippen LogP contribution is 2.22. The van der Waals surface area contributed by atoms with Crippen LogP contribution in [-0.2, 0) is 11.3 Å². The summed E-state index contributed by atoms with van der Waals surface area (Å²) < 4.78 is 5.34. The molecule has 1 aliphatic heterocycles. The van der Waals surface area contributed by atoms with Gasteiger partial charge in [0.2, 0.25) is 0 Å². The van der Waals surface area contributed by atoms with Gasteiger partial charge in [-0.25, -0.2) is 9.97 Å². The van der Waals surface area contributed by atoms with Crippen molar-refractivity contribution in [1.82, 2.24) is 9.97 Å². The van der Waals surface area contributed by atoms with Gasteiger partial charge in [-0.1, -0.05) is 12.1 Å². The van der Waals surface area contributed by atoms with E-state index >= 15 is 0 Å². The smallest absolute Gasteiger partial charge is 0.272 e. The van der Waals surface area contributed by atoms with E-state index in [1.54, 1.807) is 13.0 Å². The molecule has 0 radical (unpaired) electrons. The van der Waals surface area contributed by atoms with Crippen LogP contribution >= 0.6 is 0 Å². The van der Waals surface area contributed by atoms with E-state index in [1.165, 1.54) is 12.4 Å². The number of benzene rings is 1. The van der Waals surface area contributed by atoms with E-state index in [0.29, 0.717) is 31.1 Å². The molecule has 1 saturated heterocycles. The van der Waals surface area contributed by atoms with E-state index in [0.717, 1.165) is 24.5 Å². The molecular weight excluding hydrogens is 310 g/mol. The zero-order valence-electron chi connectivity index (χ0n) is 13.4. The normalized spacial score (nSPS) is 14.5. The first kappa shape index (κ1) is 16.1. The molecule has 0 aliphatic carbocycles. The molecule has 0 unspecified atom stereocenters. The summed E-state index contributed by atoms with van der Waals surface area (Å²) in [6.07, 6.45) is 1.52. The molecule has 0 amide bonds. The molecule has 1 N–H and O–H groups in total. The van der Waals surface area contributed by atoms with Gasteiger partial charge in [0, 0.05) is 37.3 Å². The summed E-state index contributed by atoms with van der Waals surface area (Å²) in [6, 6.07) is 6.97. The first-order valence-corrected chi connectivity index (χ1v) is 7.76. The van der Waals surface area contributed by atoms with Gasteiger partial charge in [-0.3, -0.25) is 10.1 Å². The maximum absolute atomic E-state index is 11.0. The van der Waals surface area contributed by atoms with Crippen LogP contribution in [0.1, 0.15) is 11.1 Å². The van der Waals surface area contributed by atoms with Gasteiger partial charge < -0.3 is 15.0 Å². The summed E-state index contributed by atoms with van der Waals surface area (Å²) in [7, 11) is 0. The van der Waals surface area contributed by atoms with E-state index in [4.69, 9.17) is 4.74 Å². The second-order valence-electron chi connectivity index (χ2n) is 5.53. The Hall–Kier alpha value is -2.74. The monoisotopic (exact) mass is 329 g/mol. The Morgan fingerprint density at radius 1 is 1.33 bits per heavy atom. The van der Waals surface area contributed by atoms with Crippen molar-refractivity contribution in [2.45, 2.75) is 13.5 Å². The molecule has 126 valence electrons. The molecule has 3 rings (SSSR count). The fourth-order valence-corrected chi connectivity index (χ4v) is 2.65. The fraction of sp³-hybridized carbons (Fsp3) is 0.375. The molecular formula is C16H19N5O3. The minimum Gasteiger partial charge on any atom is -0.378 e. The van der Waals surface area contributed by atoms with Crippen LogP contribution in [0.25, 0.3) is 0 Å². The van der Waals surface area contributed by atoms with Crippen molar-refractivity contribution in [2.24, 2.45) is 0 Å². The first-order valence-electron chi connectivity index (χ1n) is 7.76. The molecule has 8 nitrogen and oxygen atoms in total. The van der Waals surface area contributed by atoms with Crippen molar-refractivity contribution < 1.29 is 9.66 Å². The molecule has 0 spiro atoms.